The van der Waals surface area contributed by atoms with Crippen molar-refractivity contribution in [2.45, 2.75) is 19.4 Å². The van der Waals surface area contributed by atoms with Crippen LogP contribution >= 0.6 is 0 Å². The first-order valence-corrected chi connectivity index (χ1v) is 11.7. The van der Waals surface area contributed by atoms with E-state index in [-0.39, 0.29) is 5.92 Å². The van der Waals surface area contributed by atoms with Crippen LogP contribution in [0.25, 0.3) is 11.0 Å². The lowest BCUT2D eigenvalue weighted by Gasteiger charge is -2.36. The van der Waals surface area contributed by atoms with Crippen LogP contribution in [0.15, 0.2) is 24.3 Å². The number of morpholine rings is 2. The lowest BCUT2D eigenvalue weighted by Crippen LogP contribution is -2.47. The summed E-state index contributed by atoms with van der Waals surface area (Å²) in [5, 5.41) is 0. The number of ether oxygens (including phenoxy) is 2. The molecule has 0 bridgehead atoms. The van der Waals surface area contributed by atoms with Gasteiger partial charge in [-0.3, -0.25) is 9.69 Å². The van der Waals surface area contributed by atoms with Crippen molar-refractivity contribution in [2.24, 2.45) is 5.92 Å². The Bertz CT molecular complexity index is 880. The van der Waals surface area contributed by atoms with Crippen molar-refractivity contribution < 1.29 is 14.3 Å². The average molecular weight is 428 g/mol. The highest BCUT2D eigenvalue weighted by atomic mass is 16.5. The number of hydrogen-bond donors (Lipinski definition) is 0. The molecule has 0 aliphatic carbocycles. The maximum atomic E-state index is 12.9. The number of piperidine rings is 1. The molecule has 8 nitrogen and oxygen atoms in total. The van der Waals surface area contributed by atoms with Gasteiger partial charge in [0.05, 0.1) is 37.5 Å². The highest BCUT2D eigenvalue weighted by Crippen LogP contribution is 2.28. The van der Waals surface area contributed by atoms with Gasteiger partial charge in [-0.25, -0.2) is 4.98 Å². The molecule has 3 aliphatic heterocycles. The zero-order chi connectivity index (χ0) is 21.0. The number of carbonyl (C=O) groups is 1. The number of rotatable bonds is 5. The first-order chi connectivity index (χ1) is 15.3. The van der Waals surface area contributed by atoms with E-state index < -0.39 is 0 Å². The molecule has 0 N–H and O–H groups in total. The number of nitrogens with zero attached hydrogens (tertiary/aromatic N) is 5. The van der Waals surface area contributed by atoms with Crippen LogP contribution in [0.2, 0.25) is 0 Å². The van der Waals surface area contributed by atoms with E-state index in [4.69, 9.17) is 14.5 Å². The summed E-state index contributed by atoms with van der Waals surface area (Å²) in [7, 11) is 0. The minimum atomic E-state index is 0.125. The highest BCUT2D eigenvalue weighted by molar-refractivity contribution is 5.80. The lowest BCUT2D eigenvalue weighted by atomic mass is 9.95. The van der Waals surface area contributed by atoms with Crippen LogP contribution in [0, 0.1) is 5.92 Å². The Morgan fingerprint density at radius 2 is 1.58 bits per heavy atom. The van der Waals surface area contributed by atoms with Crippen LogP contribution in [0.4, 0.5) is 5.95 Å². The van der Waals surface area contributed by atoms with Gasteiger partial charge >= 0.3 is 0 Å². The summed E-state index contributed by atoms with van der Waals surface area (Å²) in [6.45, 7) is 10.1. The number of amides is 1. The molecule has 4 heterocycles. The standard InChI is InChI=1S/C23H33N5O3/c29-22(26-13-17-31-18-14-26)19-5-7-27(8-6-19)23-24-20-3-1-2-4-21(20)28(23)10-9-25-11-15-30-16-12-25/h1-4,19H,5-18H2. The summed E-state index contributed by atoms with van der Waals surface area (Å²) >= 11 is 0. The van der Waals surface area contributed by atoms with Gasteiger partial charge in [-0.15, -0.1) is 0 Å². The Hall–Kier alpha value is -2.16. The first-order valence-electron chi connectivity index (χ1n) is 11.7. The summed E-state index contributed by atoms with van der Waals surface area (Å²) in [5.41, 5.74) is 2.24. The molecular formula is C23H33N5O3. The van der Waals surface area contributed by atoms with Crippen molar-refractivity contribution in [3.8, 4) is 0 Å². The van der Waals surface area contributed by atoms with Gasteiger partial charge in [-0.2, -0.15) is 0 Å². The van der Waals surface area contributed by atoms with E-state index in [9.17, 15) is 4.79 Å². The summed E-state index contributed by atoms with van der Waals surface area (Å²) in [6.07, 6.45) is 1.78. The zero-order valence-corrected chi connectivity index (χ0v) is 18.2. The van der Waals surface area contributed by atoms with Crippen LogP contribution in [0.5, 0.6) is 0 Å². The summed E-state index contributed by atoms with van der Waals surface area (Å²) < 4.78 is 13.3. The minimum Gasteiger partial charge on any atom is -0.379 e. The van der Waals surface area contributed by atoms with Gasteiger partial charge in [0.15, 0.2) is 0 Å². The predicted octanol–water partition coefficient (Wildman–Crippen LogP) is 1.44. The van der Waals surface area contributed by atoms with E-state index in [1.807, 2.05) is 4.90 Å². The molecule has 2 aromatic rings. The molecular weight excluding hydrogens is 394 g/mol. The number of benzene rings is 1. The molecule has 1 aromatic carbocycles. The summed E-state index contributed by atoms with van der Waals surface area (Å²) in [4.78, 5) is 24.7. The molecule has 0 saturated carbocycles. The second-order valence-electron chi connectivity index (χ2n) is 8.71. The van der Waals surface area contributed by atoms with Gasteiger partial charge in [-0.1, -0.05) is 12.1 Å². The number of carbonyl (C=O) groups excluding carboxylic acids is 1. The fraction of sp³-hybridized carbons (Fsp3) is 0.652. The van der Waals surface area contributed by atoms with Crippen molar-refractivity contribution in [3.63, 3.8) is 0 Å². The number of aromatic nitrogens is 2. The molecule has 0 radical (unpaired) electrons. The fourth-order valence-electron chi connectivity index (χ4n) is 4.96. The van der Waals surface area contributed by atoms with Crippen LogP contribution in [0.1, 0.15) is 12.8 Å². The number of para-hydroxylation sites is 2. The third-order valence-corrected chi connectivity index (χ3v) is 6.83. The quantitative estimate of drug-likeness (QED) is 0.720. The molecule has 3 fully saturated rings. The molecule has 1 amide bonds. The monoisotopic (exact) mass is 427 g/mol. The Balaban J connectivity index is 1.28. The van der Waals surface area contributed by atoms with Gasteiger partial charge in [0, 0.05) is 58.3 Å². The second kappa shape index (κ2) is 9.54. The number of hydrogen-bond acceptors (Lipinski definition) is 6. The molecule has 0 atom stereocenters. The minimum absolute atomic E-state index is 0.125. The van der Waals surface area contributed by atoms with E-state index in [2.05, 4.69) is 38.6 Å². The molecule has 0 unspecified atom stereocenters. The Morgan fingerprint density at radius 3 is 2.32 bits per heavy atom. The number of fused-ring (bicyclic) bond motifs is 1. The molecule has 8 heteroatoms. The lowest BCUT2D eigenvalue weighted by molar-refractivity contribution is -0.140. The number of imidazole rings is 1. The first kappa shape index (κ1) is 20.7. The van der Waals surface area contributed by atoms with Gasteiger partial charge in [0.1, 0.15) is 0 Å². The Morgan fingerprint density at radius 1 is 0.903 bits per heavy atom. The molecule has 5 rings (SSSR count). The van der Waals surface area contributed by atoms with Crippen LogP contribution in [-0.2, 0) is 20.8 Å². The van der Waals surface area contributed by atoms with E-state index in [1.54, 1.807) is 0 Å². The van der Waals surface area contributed by atoms with E-state index >= 15 is 0 Å². The smallest absolute Gasteiger partial charge is 0.225 e. The van der Waals surface area contributed by atoms with Crippen molar-refractivity contribution in [1.82, 2.24) is 19.4 Å². The second-order valence-corrected chi connectivity index (χ2v) is 8.71. The molecule has 1 aromatic heterocycles. The van der Waals surface area contributed by atoms with E-state index in [0.717, 1.165) is 89.9 Å². The van der Waals surface area contributed by atoms with E-state index in [0.29, 0.717) is 19.1 Å². The highest BCUT2D eigenvalue weighted by Gasteiger charge is 2.31. The molecule has 168 valence electrons. The Labute approximate surface area is 183 Å². The maximum Gasteiger partial charge on any atom is 0.225 e. The van der Waals surface area contributed by atoms with Crippen molar-refractivity contribution in [3.05, 3.63) is 24.3 Å². The summed E-state index contributed by atoms with van der Waals surface area (Å²) in [5.74, 6) is 1.48. The van der Waals surface area contributed by atoms with Crippen LogP contribution < -0.4 is 4.90 Å². The van der Waals surface area contributed by atoms with Crippen LogP contribution in [-0.4, -0.2) is 97.5 Å². The third kappa shape index (κ3) is 4.56. The molecule has 3 saturated heterocycles. The summed E-state index contributed by atoms with van der Waals surface area (Å²) in [6, 6.07) is 8.41. The molecule has 0 spiro atoms. The number of anilines is 1. The van der Waals surface area contributed by atoms with Gasteiger partial charge in [0.2, 0.25) is 11.9 Å². The molecule has 3 aliphatic rings. The predicted molar refractivity (Wildman–Crippen MR) is 119 cm³/mol. The average Bonchev–Trinajstić information content (AvgIpc) is 3.22. The third-order valence-electron chi connectivity index (χ3n) is 6.83. The Kier molecular flexibility index (Phi) is 6.38. The normalized spacial score (nSPS) is 21.7. The van der Waals surface area contributed by atoms with Crippen LogP contribution in [0.3, 0.4) is 0 Å². The van der Waals surface area contributed by atoms with E-state index in [1.165, 1.54) is 5.52 Å². The zero-order valence-electron chi connectivity index (χ0n) is 18.2. The van der Waals surface area contributed by atoms with Gasteiger partial charge in [0.25, 0.3) is 0 Å². The SMILES string of the molecule is O=C(C1CCN(c2nc3ccccc3n2CCN2CCOCC2)CC1)N1CCOCC1. The van der Waals surface area contributed by atoms with Crippen molar-refractivity contribution >= 4 is 22.9 Å². The van der Waals surface area contributed by atoms with Crippen molar-refractivity contribution in [2.75, 3.05) is 77.1 Å². The van der Waals surface area contributed by atoms with Gasteiger partial charge < -0.3 is 23.8 Å². The fourth-order valence-corrected chi connectivity index (χ4v) is 4.96. The van der Waals surface area contributed by atoms with Gasteiger partial charge in [-0.05, 0) is 25.0 Å². The maximum absolute atomic E-state index is 12.9. The van der Waals surface area contributed by atoms with Crippen molar-refractivity contribution in [1.29, 1.82) is 0 Å². The topological polar surface area (TPSA) is 63.1 Å². The molecule has 31 heavy (non-hydrogen) atoms. The largest absolute Gasteiger partial charge is 0.379 e.